The van der Waals surface area contributed by atoms with Crippen molar-refractivity contribution in [3.63, 3.8) is 0 Å². The summed E-state index contributed by atoms with van der Waals surface area (Å²) in [7, 11) is 0. The smallest absolute Gasteiger partial charge is 0.274 e. The summed E-state index contributed by atoms with van der Waals surface area (Å²) in [6.45, 7) is 11.4. The SMILES string of the molecule is CCc1ccccc1NC(=O)CN1CCN(C(=O)c2cc(C3CC3)n(C(C)(C)C)n2)CC1. The van der Waals surface area contributed by atoms with E-state index in [1.54, 1.807) is 0 Å². The lowest BCUT2D eigenvalue weighted by Gasteiger charge is -2.34. The lowest BCUT2D eigenvalue weighted by molar-refractivity contribution is -0.117. The Balaban J connectivity index is 1.33. The molecule has 2 amide bonds. The molecule has 7 heteroatoms. The zero-order chi connectivity index (χ0) is 22.9. The van der Waals surface area contributed by atoms with Crippen LogP contribution in [0.2, 0.25) is 0 Å². The van der Waals surface area contributed by atoms with E-state index in [1.807, 2.05) is 39.9 Å². The number of para-hydroxylation sites is 1. The lowest BCUT2D eigenvalue weighted by atomic mass is 10.1. The van der Waals surface area contributed by atoms with E-state index in [0.29, 0.717) is 44.3 Å². The van der Waals surface area contributed by atoms with Crippen LogP contribution in [0.25, 0.3) is 0 Å². The number of anilines is 1. The molecule has 0 atom stereocenters. The van der Waals surface area contributed by atoms with Crippen LogP contribution in [0.3, 0.4) is 0 Å². The van der Waals surface area contributed by atoms with Gasteiger partial charge in [0.25, 0.3) is 5.91 Å². The van der Waals surface area contributed by atoms with Crippen LogP contribution in [0.5, 0.6) is 0 Å². The number of carbonyl (C=O) groups is 2. The summed E-state index contributed by atoms with van der Waals surface area (Å²) in [5.74, 6) is 0.524. The van der Waals surface area contributed by atoms with Gasteiger partial charge in [-0.3, -0.25) is 19.2 Å². The Morgan fingerprint density at radius 2 is 1.78 bits per heavy atom. The number of hydrogen-bond acceptors (Lipinski definition) is 4. The quantitative estimate of drug-likeness (QED) is 0.751. The van der Waals surface area contributed by atoms with Gasteiger partial charge in [0.1, 0.15) is 0 Å². The molecule has 1 aromatic carbocycles. The van der Waals surface area contributed by atoms with E-state index in [0.717, 1.165) is 17.7 Å². The van der Waals surface area contributed by atoms with E-state index < -0.39 is 0 Å². The van der Waals surface area contributed by atoms with Gasteiger partial charge in [-0.15, -0.1) is 0 Å². The van der Waals surface area contributed by atoms with Gasteiger partial charge in [-0.1, -0.05) is 25.1 Å². The van der Waals surface area contributed by atoms with Gasteiger partial charge in [0.05, 0.1) is 12.1 Å². The van der Waals surface area contributed by atoms with Crippen LogP contribution < -0.4 is 5.32 Å². The minimum absolute atomic E-state index is 0.00382. The molecule has 1 aliphatic carbocycles. The highest BCUT2D eigenvalue weighted by atomic mass is 16.2. The zero-order valence-electron chi connectivity index (χ0n) is 19.7. The third-order valence-electron chi connectivity index (χ3n) is 6.29. The Morgan fingerprint density at radius 1 is 1.09 bits per heavy atom. The van der Waals surface area contributed by atoms with Crippen molar-refractivity contribution in [2.24, 2.45) is 0 Å². The van der Waals surface area contributed by atoms with Gasteiger partial charge < -0.3 is 10.2 Å². The fourth-order valence-corrected chi connectivity index (χ4v) is 4.32. The van der Waals surface area contributed by atoms with Gasteiger partial charge >= 0.3 is 0 Å². The van der Waals surface area contributed by atoms with Gasteiger partial charge in [0.15, 0.2) is 5.69 Å². The van der Waals surface area contributed by atoms with Crippen LogP contribution in [-0.2, 0) is 16.8 Å². The molecule has 0 radical (unpaired) electrons. The van der Waals surface area contributed by atoms with Gasteiger partial charge in [0, 0.05) is 43.5 Å². The van der Waals surface area contributed by atoms with Crippen molar-refractivity contribution in [2.45, 2.75) is 58.4 Å². The Morgan fingerprint density at radius 3 is 2.41 bits per heavy atom. The molecule has 0 unspecified atom stereocenters. The van der Waals surface area contributed by atoms with Gasteiger partial charge in [-0.05, 0) is 57.7 Å². The zero-order valence-corrected chi connectivity index (χ0v) is 19.7. The van der Waals surface area contributed by atoms with Crippen molar-refractivity contribution in [1.82, 2.24) is 19.6 Å². The van der Waals surface area contributed by atoms with Crippen LogP contribution in [0.1, 0.15) is 68.2 Å². The minimum atomic E-state index is -0.140. The number of carbonyl (C=O) groups excluding carboxylic acids is 2. The monoisotopic (exact) mass is 437 g/mol. The second-order valence-corrected chi connectivity index (χ2v) is 9.94. The summed E-state index contributed by atoms with van der Waals surface area (Å²) in [5, 5.41) is 7.73. The summed E-state index contributed by atoms with van der Waals surface area (Å²) in [6.07, 6.45) is 3.24. The maximum atomic E-state index is 13.1. The number of hydrogen-bond donors (Lipinski definition) is 1. The molecule has 4 rings (SSSR count). The van der Waals surface area contributed by atoms with Gasteiger partial charge in [-0.2, -0.15) is 5.10 Å². The minimum Gasteiger partial charge on any atom is -0.335 e. The van der Waals surface area contributed by atoms with Crippen molar-refractivity contribution in [2.75, 3.05) is 38.0 Å². The molecule has 1 aliphatic heterocycles. The first-order valence-electron chi connectivity index (χ1n) is 11.8. The van der Waals surface area contributed by atoms with Crippen molar-refractivity contribution >= 4 is 17.5 Å². The van der Waals surface area contributed by atoms with E-state index >= 15 is 0 Å². The van der Waals surface area contributed by atoms with Crippen LogP contribution >= 0.6 is 0 Å². The first-order valence-corrected chi connectivity index (χ1v) is 11.8. The topological polar surface area (TPSA) is 70.5 Å². The molecule has 172 valence electrons. The van der Waals surface area contributed by atoms with Gasteiger partial charge in [-0.25, -0.2) is 0 Å². The normalized spacial score (nSPS) is 17.4. The number of nitrogens with zero attached hydrogens (tertiary/aromatic N) is 4. The fourth-order valence-electron chi connectivity index (χ4n) is 4.32. The maximum absolute atomic E-state index is 13.1. The first-order chi connectivity index (χ1) is 15.3. The van der Waals surface area contributed by atoms with Crippen molar-refractivity contribution in [1.29, 1.82) is 0 Å². The molecule has 7 nitrogen and oxygen atoms in total. The Hall–Kier alpha value is -2.67. The van der Waals surface area contributed by atoms with Crippen LogP contribution in [0.4, 0.5) is 5.69 Å². The number of aryl methyl sites for hydroxylation is 1. The van der Waals surface area contributed by atoms with Crippen LogP contribution in [0.15, 0.2) is 30.3 Å². The lowest BCUT2D eigenvalue weighted by Crippen LogP contribution is -2.50. The Labute approximate surface area is 190 Å². The summed E-state index contributed by atoms with van der Waals surface area (Å²) in [4.78, 5) is 29.6. The molecule has 1 saturated heterocycles. The molecule has 2 fully saturated rings. The molecule has 2 aromatic rings. The summed E-state index contributed by atoms with van der Waals surface area (Å²) in [6, 6.07) is 9.91. The second-order valence-electron chi connectivity index (χ2n) is 9.94. The average molecular weight is 438 g/mol. The standard InChI is InChI=1S/C25H35N5O2/c1-5-18-8-6-7-9-20(18)26-23(31)17-28-12-14-29(15-13-28)24(32)21-16-22(19-10-11-19)30(27-21)25(2,3)4/h6-9,16,19H,5,10-15,17H2,1-4H3,(H,26,31). The summed E-state index contributed by atoms with van der Waals surface area (Å²) in [5.41, 5.74) is 3.61. The Kier molecular flexibility index (Phi) is 6.38. The maximum Gasteiger partial charge on any atom is 0.274 e. The highest BCUT2D eigenvalue weighted by molar-refractivity contribution is 5.93. The molecule has 2 aliphatic rings. The predicted octanol–water partition coefficient (Wildman–Crippen LogP) is 3.47. The van der Waals surface area contributed by atoms with Gasteiger partial charge in [0.2, 0.25) is 5.91 Å². The number of piperazine rings is 1. The highest BCUT2D eigenvalue weighted by Gasteiger charge is 2.34. The fraction of sp³-hybridized carbons (Fsp3) is 0.560. The van der Waals surface area contributed by atoms with Crippen molar-refractivity contribution in [3.8, 4) is 0 Å². The molecule has 0 spiro atoms. The number of aromatic nitrogens is 2. The molecule has 2 heterocycles. The largest absolute Gasteiger partial charge is 0.335 e. The van der Waals surface area contributed by atoms with Crippen molar-refractivity contribution < 1.29 is 9.59 Å². The second kappa shape index (κ2) is 9.06. The van der Waals surface area contributed by atoms with E-state index in [1.165, 1.54) is 18.5 Å². The highest BCUT2D eigenvalue weighted by Crippen LogP contribution is 2.41. The van der Waals surface area contributed by atoms with Crippen LogP contribution in [0, 0.1) is 0 Å². The van der Waals surface area contributed by atoms with E-state index in [4.69, 9.17) is 5.10 Å². The molecule has 1 N–H and O–H groups in total. The third-order valence-corrected chi connectivity index (χ3v) is 6.29. The number of benzene rings is 1. The van der Waals surface area contributed by atoms with E-state index in [9.17, 15) is 9.59 Å². The molecule has 1 saturated carbocycles. The van der Waals surface area contributed by atoms with E-state index in [-0.39, 0.29) is 17.4 Å². The molecule has 32 heavy (non-hydrogen) atoms. The first kappa shape index (κ1) is 22.5. The summed E-state index contributed by atoms with van der Waals surface area (Å²) < 4.78 is 2.03. The number of rotatable bonds is 6. The van der Waals surface area contributed by atoms with E-state index in [2.05, 4.69) is 37.9 Å². The Bertz CT molecular complexity index is 978. The van der Waals surface area contributed by atoms with Crippen molar-refractivity contribution in [3.05, 3.63) is 47.3 Å². The average Bonchev–Trinajstić information content (AvgIpc) is 3.51. The molecular formula is C25H35N5O2. The molecular weight excluding hydrogens is 402 g/mol. The third kappa shape index (κ3) is 5.04. The predicted molar refractivity (Wildman–Crippen MR) is 126 cm³/mol. The summed E-state index contributed by atoms with van der Waals surface area (Å²) >= 11 is 0. The molecule has 0 bridgehead atoms. The number of nitrogens with one attached hydrogen (secondary N) is 1. The number of amides is 2. The van der Waals surface area contributed by atoms with Crippen LogP contribution in [-0.4, -0.2) is 64.1 Å². The molecule has 1 aromatic heterocycles.